The summed E-state index contributed by atoms with van der Waals surface area (Å²) in [6.45, 7) is 0.421. The first-order valence-corrected chi connectivity index (χ1v) is 9.25. The van der Waals surface area contributed by atoms with Gasteiger partial charge in [-0.05, 0) is 23.8 Å². The van der Waals surface area contributed by atoms with Gasteiger partial charge in [0.15, 0.2) is 10.7 Å². The van der Waals surface area contributed by atoms with Crippen molar-refractivity contribution in [2.45, 2.75) is 11.4 Å². The van der Waals surface area contributed by atoms with E-state index in [9.17, 15) is 18.5 Å². The van der Waals surface area contributed by atoms with Gasteiger partial charge < -0.3 is 0 Å². The van der Waals surface area contributed by atoms with Crippen molar-refractivity contribution in [3.8, 4) is 0 Å². The first-order chi connectivity index (χ1) is 12.3. The summed E-state index contributed by atoms with van der Waals surface area (Å²) >= 11 is 5.84. The molecule has 0 spiro atoms. The molecule has 3 aromatic rings. The second-order valence-electron chi connectivity index (χ2n) is 5.36. The van der Waals surface area contributed by atoms with Crippen molar-refractivity contribution in [2.24, 2.45) is 0 Å². The summed E-state index contributed by atoms with van der Waals surface area (Å²) in [6, 6.07) is 13.8. The molecule has 8 nitrogen and oxygen atoms in total. The van der Waals surface area contributed by atoms with Crippen LogP contribution in [0.2, 0.25) is 5.02 Å². The fraction of sp³-hybridized carbons (Fsp3) is 0.0625. The first-order valence-electron chi connectivity index (χ1n) is 7.39. The quantitative estimate of drug-likeness (QED) is 0.511. The molecule has 0 atom stereocenters. The fourth-order valence-corrected chi connectivity index (χ4v) is 3.60. The van der Waals surface area contributed by atoms with Crippen molar-refractivity contribution in [3.63, 3.8) is 0 Å². The van der Waals surface area contributed by atoms with Crippen LogP contribution in [-0.4, -0.2) is 23.1 Å². The van der Waals surface area contributed by atoms with Crippen LogP contribution < -0.4 is 4.72 Å². The number of hydrogen-bond acceptors (Lipinski definition) is 5. The zero-order chi connectivity index (χ0) is 18.7. The number of nitrogens with one attached hydrogen (secondary N) is 1. The molecule has 0 aliphatic heterocycles. The van der Waals surface area contributed by atoms with E-state index in [4.69, 9.17) is 11.6 Å². The summed E-state index contributed by atoms with van der Waals surface area (Å²) in [5, 5.41) is 15.8. The molecule has 0 amide bonds. The van der Waals surface area contributed by atoms with Gasteiger partial charge in [-0.3, -0.25) is 19.5 Å². The number of hydrogen-bond donors (Lipinski definition) is 1. The molecule has 0 aliphatic carbocycles. The summed E-state index contributed by atoms with van der Waals surface area (Å²) in [5.41, 5.74) is 0.436. The minimum atomic E-state index is -4.14. The Hall–Kier alpha value is -2.91. The van der Waals surface area contributed by atoms with E-state index >= 15 is 0 Å². The molecule has 10 heteroatoms. The van der Waals surface area contributed by atoms with Crippen LogP contribution in [0, 0.1) is 10.1 Å². The van der Waals surface area contributed by atoms with Crippen molar-refractivity contribution in [2.75, 3.05) is 4.72 Å². The van der Waals surface area contributed by atoms with E-state index < -0.39 is 25.5 Å². The first kappa shape index (κ1) is 17.9. The van der Waals surface area contributed by atoms with Gasteiger partial charge in [-0.25, -0.2) is 8.42 Å². The highest BCUT2D eigenvalue weighted by Crippen LogP contribution is 2.24. The lowest BCUT2D eigenvalue weighted by Gasteiger charge is -2.06. The van der Waals surface area contributed by atoms with Crippen LogP contribution in [-0.2, 0) is 16.6 Å². The van der Waals surface area contributed by atoms with Gasteiger partial charge in [0.1, 0.15) is 0 Å². The number of sulfonamides is 1. The predicted octanol–water partition coefficient (Wildman–Crippen LogP) is 3.29. The number of nitrogens with zero attached hydrogens (tertiary/aromatic N) is 3. The van der Waals surface area contributed by atoms with Gasteiger partial charge in [0.2, 0.25) is 0 Å². The van der Waals surface area contributed by atoms with Crippen LogP contribution in [0.15, 0.2) is 65.7 Å². The maximum Gasteiger partial charge on any atom is 0.289 e. The number of aromatic nitrogens is 2. The van der Waals surface area contributed by atoms with Gasteiger partial charge >= 0.3 is 0 Å². The molecule has 0 saturated carbocycles. The normalized spacial score (nSPS) is 11.3. The van der Waals surface area contributed by atoms with E-state index in [1.807, 2.05) is 12.1 Å². The van der Waals surface area contributed by atoms with Gasteiger partial charge in [0, 0.05) is 23.4 Å². The summed E-state index contributed by atoms with van der Waals surface area (Å²) in [7, 11) is -4.14. The lowest BCUT2D eigenvalue weighted by Crippen LogP contribution is -2.15. The Morgan fingerprint density at radius 3 is 2.50 bits per heavy atom. The molecule has 0 aliphatic rings. The summed E-state index contributed by atoms with van der Waals surface area (Å²) in [6.07, 6.45) is 1.60. The maximum absolute atomic E-state index is 12.5. The van der Waals surface area contributed by atoms with E-state index in [1.54, 1.807) is 23.0 Å². The Balaban J connectivity index is 1.80. The van der Waals surface area contributed by atoms with E-state index in [1.165, 1.54) is 24.3 Å². The number of anilines is 1. The van der Waals surface area contributed by atoms with Crippen LogP contribution in [0.1, 0.15) is 5.56 Å². The molecule has 1 aromatic heterocycles. The van der Waals surface area contributed by atoms with Crippen molar-refractivity contribution in [3.05, 3.63) is 81.5 Å². The number of rotatable bonds is 6. The monoisotopic (exact) mass is 392 g/mol. The Labute approximate surface area is 154 Å². The van der Waals surface area contributed by atoms with E-state index in [0.717, 1.165) is 11.6 Å². The molecule has 26 heavy (non-hydrogen) atoms. The molecule has 0 bridgehead atoms. The van der Waals surface area contributed by atoms with Gasteiger partial charge in [-0.2, -0.15) is 5.10 Å². The van der Waals surface area contributed by atoms with E-state index in [-0.39, 0.29) is 5.82 Å². The van der Waals surface area contributed by atoms with Crippen LogP contribution in [0.25, 0.3) is 0 Å². The average molecular weight is 393 g/mol. The van der Waals surface area contributed by atoms with Crippen molar-refractivity contribution in [1.82, 2.24) is 9.78 Å². The van der Waals surface area contributed by atoms with Gasteiger partial charge in [-0.15, -0.1) is 0 Å². The highest BCUT2D eigenvalue weighted by atomic mass is 35.5. The minimum absolute atomic E-state index is 0.0668. The third kappa shape index (κ3) is 4.01. The summed E-state index contributed by atoms with van der Waals surface area (Å²) in [4.78, 5) is 9.87. The van der Waals surface area contributed by atoms with E-state index in [2.05, 4.69) is 9.82 Å². The second-order valence-corrected chi connectivity index (χ2v) is 7.44. The van der Waals surface area contributed by atoms with Crippen molar-refractivity contribution < 1.29 is 13.3 Å². The Morgan fingerprint density at radius 2 is 1.81 bits per heavy atom. The van der Waals surface area contributed by atoms with Gasteiger partial charge in [0.05, 0.1) is 11.5 Å². The van der Waals surface area contributed by atoms with Gasteiger partial charge in [0.25, 0.3) is 15.7 Å². The van der Waals surface area contributed by atoms with Crippen molar-refractivity contribution >= 4 is 33.1 Å². The zero-order valence-corrected chi connectivity index (χ0v) is 14.8. The second kappa shape index (κ2) is 7.14. The Bertz CT molecular complexity index is 1050. The highest BCUT2D eigenvalue weighted by molar-refractivity contribution is 7.92. The lowest BCUT2D eigenvalue weighted by atomic mass is 10.2. The molecule has 0 saturated heterocycles. The molecule has 0 fully saturated rings. The zero-order valence-electron chi connectivity index (χ0n) is 13.2. The van der Waals surface area contributed by atoms with Crippen LogP contribution in [0.4, 0.5) is 11.5 Å². The Morgan fingerprint density at radius 1 is 1.12 bits per heavy atom. The fourth-order valence-electron chi connectivity index (χ4n) is 2.31. The van der Waals surface area contributed by atoms with Crippen LogP contribution in [0.5, 0.6) is 0 Å². The van der Waals surface area contributed by atoms with E-state index in [0.29, 0.717) is 11.6 Å². The minimum Gasteiger partial charge on any atom is -0.266 e. The Kier molecular flexibility index (Phi) is 4.92. The molecule has 0 radical (unpaired) electrons. The molecule has 134 valence electrons. The maximum atomic E-state index is 12.5. The largest absolute Gasteiger partial charge is 0.289 e. The molecule has 1 heterocycles. The number of para-hydroxylation sites is 1. The topological polar surface area (TPSA) is 107 Å². The number of nitro benzene ring substituents is 1. The summed E-state index contributed by atoms with van der Waals surface area (Å²) < 4.78 is 28.7. The molecular weight excluding hydrogens is 380 g/mol. The molecule has 2 aromatic carbocycles. The number of halogens is 1. The SMILES string of the molecule is O=[N+]([O-])c1ccccc1S(=O)(=O)Nc1ccn(Cc2ccc(Cl)cc2)n1. The highest BCUT2D eigenvalue weighted by Gasteiger charge is 2.25. The standard InChI is InChI=1S/C16H13ClN4O4S/c17-13-7-5-12(6-8-13)11-20-10-9-16(18-20)19-26(24,25)15-4-2-1-3-14(15)21(22)23/h1-10H,11H2,(H,18,19). The number of nitro groups is 1. The number of benzene rings is 2. The molecule has 1 N–H and O–H groups in total. The van der Waals surface area contributed by atoms with Gasteiger partial charge in [-0.1, -0.05) is 35.9 Å². The molecule has 3 rings (SSSR count). The average Bonchev–Trinajstić information content (AvgIpc) is 3.03. The van der Waals surface area contributed by atoms with Crippen LogP contribution >= 0.6 is 11.6 Å². The van der Waals surface area contributed by atoms with Crippen molar-refractivity contribution in [1.29, 1.82) is 0 Å². The molecule has 0 unspecified atom stereocenters. The predicted molar refractivity (Wildman–Crippen MR) is 96.7 cm³/mol. The van der Waals surface area contributed by atoms with Crippen LogP contribution in [0.3, 0.4) is 0 Å². The third-order valence-electron chi connectivity index (χ3n) is 3.49. The smallest absolute Gasteiger partial charge is 0.266 e. The lowest BCUT2D eigenvalue weighted by molar-refractivity contribution is -0.387. The molecular formula is C16H13ClN4O4S. The third-order valence-corrected chi connectivity index (χ3v) is 5.14. The summed E-state index contributed by atoms with van der Waals surface area (Å²) in [5.74, 6) is 0.0668.